The summed E-state index contributed by atoms with van der Waals surface area (Å²) >= 11 is 0. The lowest BCUT2D eigenvalue weighted by Crippen LogP contribution is -2.27. The second-order valence-corrected chi connectivity index (χ2v) is 9.32. The van der Waals surface area contributed by atoms with E-state index < -0.39 is 10.0 Å². The molecule has 0 saturated carbocycles. The average molecular weight is 467 g/mol. The van der Waals surface area contributed by atoms with Gasteiger partial charge in [-0.3, -0.25) is 0 Å². The fourth-order valence-electron chi connectivity index (χ4n) is 3.55. The first-order chi connectivity index (χ1) is 15.7. The lowest BCUT2D eigenvalue weighted by molar-refractivity contribution is 0.324. The summed E-state index contributed by atoms with van der Waals surface area (Å²) < 4.78 is 45.5. The van der Waals surface area contributed by atoms with Crippen molar-refractivity contribution in [3.63, 3.8) is 0 Å². The van der Waals surface area contributed by atoms with Crippen LogP contribution in [0, 0.1) is 32.1 Å². The Bertz CT molecular complexity index is 1300. The number of rotatable bonds is 7. The van der Waals surface area contributed by atoms with Crippen LogP contribution in [-0.2, 0) is 10.0 Å². The van der Waals surface area contributed by atoms with Crippen LogP contribution in [0.5, 0.6) is 17.2 Å². The van der Waals surface area contributed by atoms with Gasteiger partial charge in [0.25, 0.3) is 10.0 Å². The number of ether oxygens (including phenoxy) is 3. The van der Waals surface area contributed by atoms with Gasteiger partial charge in [-0.05, 0) is 56.2 Å². The van der Waals surface area contributed by atoms with Gasteiger partial charge in [-0.2, -0.15) is 5.26 Å². The van der Waals surface area contributed by atoms with Gasteiger partial charge in [0.1, 0.15) is 0 Å². The molecule has 0 N–H and O–H groups in total. The fraction of sp³-hybridized carbons (Fsp3) is 0.240. The van der Waals surface area contributed by atoms with E-state index >= 15 is 0 Å². The topological polar surface area (TPSA) is 88.9 Å². The molecule has 0 amide bonds. The van der Waals surface area contributed by atoms with E-state index in [1.54, 1.807) is 62.4 Å². The van der Waals surface area contributed by atoms with E-state index in [0.29, 0.717) is 45.3 Å². The minimum absolute atomic E-state index is 0.128. The van der Waals surface area contributed by atoms with Crippen molar-refractivity contribution in [2.75, 3.05) is 25.6 Å². The minimum Gasteiger partial charge on any atom is -0.493 e. The molecule has 3 aromatic rings. The van der Waals surface area contributed by atoms with Crippen molar-refractivity contribution >= 4 is 21.4 Å². The highest BCUT2D eigenvalue weighted by Crippen LogP contribution is 2.45. The molecule has 0 aliphatic rings. The van der Waals surface area contributed by atoms with E-state index in [1.807, 2.05) is 6.92 Å². The molecule has 7 nitrogen and oxygen atoms in total. The number of hydrogen-bond donors (Lipinski definition) is 0. The molecule has 0 bridgehead atoms. The number of benzene rings is 3. The van der Waals surface area contributed by atoms with Crippen molar-refractivity contribution in [2.24, 2.45) is 0 Å². The molecule has 33 heavy (non-hydrogen) atoms. The monoisotopic (exact) mass is 466 g/mol. The number of hydrogen-bond acceptors (Lipinski definition) is 6. The lowest BCUT2D eigenvalue weighted by atomic mass is 10.0. The van der Waals surface area contributed by atoms with Crippen molar-refractivity contribution in [1.82, 2.24) is 0 Å². The van der Waals surface area contributed by atoms with Crippen molar-refractivity contribution in [3.05, 3.63) is 70.8 Å². The third-order valence-electron chi connectivity index (χ3n) is 5.33. The number of aryl methyl sites for hydroxylation is 3. The van der Waals surface area contributed by atoms with Crippen molar-refractivity contribution in [2.45, 2.75) is 25.7 Å². The van der Waals surface area contributed by atoms with Gasteiger partial charge in [-0.25, -0.2) is 12.7 Å². The van der Waals surface area contributed by atoms with E-state index in [-0.39, 0.29) is 4.90 Å². The molecule has 0 aliphatic carbocycles. The van der Waals surface area contributed by atoms with E-state index in [0.717, 1.165) is 5.56 Å². The Balaban J connectivity index is 2.38. The van der Waals surface area contributed by atoms with Crippen LogP contribution in [0.2, 0.25) is 0 Å². The molecule has 8 heteroatoms. The Morgan fingerprint density at radius 1 is 0.818 bits per heavy atom. The van der Waals surface area contributed by atoms with Crippen molar-refractivity contribution in [3.8, 4) is 23.3 Å². The SMILES string of the molecule is COc1cc(N(c2cc(C)c(C#N)cc2C)S(=O)(=O)c2ccc(C)cc2)cc(OC)c1OC. The van der Waals surface area contributed by atoms with Gasteiger partial charge in [-0.15, -0.1) is 0 Å². The number of anilines is 2. The van der Waals surface area contributed by atoms with Gasteiger partial charge in [-0.1, -0.05) is 17.7 Å². The van der Waals surface area contributed by atoms with Crippen LogP contribution in [0.25, 0.3) is 0 Å². The Hall–Kier alpha value is -3.70. The first-order valence-corrected chi connectivity index (χ1v) is 11.5. The van der Waals surface area contributed by atoms with Crippen LogP contribution in [0.4, 0.5) is 11.4 Å². The minimum atomic E-state index is -4.05. The number of sulfonamides is 1. The lowest BCUT2D eigenvalue weighted by Gasteiger charge is -2.28. The van der Waals surface area contributed by atoms with Gasteiger partial charge in [0.05, 0.1) is 49.2 Å². The summed E-state index contributed by atoms with van der Waals surface area (Å²) in [4.78, 5) is 0.128. The van der Waals surface area contributed by atoms with Crippen LogP contribution >= 0.6 is 0 Å². The molecule has 0 aromatic heterocycles. The second-order valence-electron chi connectivity index (χ2n) is 7.53. The summed E-state index contributed by atoms with van der Waals surface area (Å²) in [5, 5.41) is 9.42. The molecule has 3 rings (SSSR count). The largest absolute Gasteiger partial charge is 0.493 e. The zero-order chi connectivity index (χ0) is 24.3. The third kappa shape index (κ3) is 4.45. The van der Waals surface area contributed by atoms with E-state index in [1.165, 1.54) is 25.6 Å². The van der Waals surface area contributed by atoms with Crippen LogP contribution in [0.1, 0.15) is 22.3 Å². The van der Waals surface area contributed by atoms with Crippen molar-refractivity contribution < 1.29 is 22.6 Å². The molecular formula is C25H26N2O5S. The van der Waals surface area contributed by atoms with E-state index in [9.17, 15) is 13.7 Å². The fourth-order valence-corrected chi connectivity index (χ4v) is 5.08. The maximum absolute atomic E-state index is 14.0. The van der Waals surface area contributed by atoms with Gasteiger partial charge in [0.15, 0.2) is 11.5 Å². The van der Waals surface area contributed by atoms with E-state index in [4.69, 9.17) is 14.2 Å². The number of methoxy groups -OCH3 is 3. The second kappa shape index (κ2) is 9.43. The first-order valence-electron chi connectivity index (χ1n) is 10.1. The predicted octanol–water partition coefficient (Wildman–Crippen LogP) is 5.04. The molecular weight excluding hydrogens is 440 g/mol. The maximum Gasteiger partial charge on any atom is 0.268 e. The van der Waals surface area contributed by atoms with Gasteiger partial charge >= 0.3 is 0 Å². The Morgan fingerprint density at radius 3 is 1.88 bits per heavy atom. The first kappa shape index (κ1) is 24.0. The zero-order valence-corrected chi connectivity index (χ0v) is 20.3. The number of nitrogens with zero attached hydrogens (tertiary/aromatic N) is 2. The highest BCUT2D eigenvalue weighted by Gasteiger charge is 2.30. The molecule has 0 spiro atoms. The van der Waals surface area contributed by atoms with Gasteiger partial charge in [0.2, 0.25) is 5.75 Å². The third-order valence-corrected chi connectivity index (χ3v) is 7.08. The molecule has 0 heterocycles. The molecule has 0 saturated heterocycles. The Kier molecular flexibility index (Phi) is 6.84. The molecule has 172 valence electrons. The smallest absolute Gasteiger partial charge is 0.268 e. The summed E-state index contributed by atoms with van der Waals surface area (Å²) in [5.41, 5.74) is 3.43. The highest BCUT2D eigenvalue weighted by molar-refractivity contribution is 7.93. The van der Waals surface area contributed by atoms with Crippen LogP contribution in [-0.4, -0.2) is 29.7 Å². The average Bonchev–Trinajstić information content (AvgIpc) is 2.80. The molecule has 0 radical (unpaired) electrons. The summed E-state index contributed by atoms with van der Waals surface area (Å²) in [6.45, 7) is 5.43. The van der Waals surface area contributed by atoms with Crippen molar-refractivity contribution in [1.29, 1.82) is 5.26 Å². The molecule has 0 aliphatic heterocycles. The van der Waals surface area contributed by atoms with Crippen LogP contribution in [0.15, 0.2) is 53.4 Å². The molecule has 0 atom stereocenters. The summed E-state index contributed by atoms with van der Waals surface area (Å²) in [6, 6.07) is 15.3. The summed E-state index contributed by atoms with van der Waals surface area (Å²) in [6.07, 6.45) is 0. The zero-order valence-electron chi connectivity index (χ0n) is 19.5. The van der Waals surface area contributed by atoms with Crippen LogP contribution < -0.4 is 18.5 Å². The quantitative estimate of drug-likeness (QED) is 0.485. The van der Waals surface area contributed by atoms with E-state index in [2.05, 4.69) is 6.07 Å². The standard InChI is InChI=1S/C25H26N2O5S/c1-16-7-9-21(10-8-16)33(28,29)27(22-12-17(2)19(15-26)11-18(22)3)20-13-23(30-4)25(32-6)24(14-20)31-5/h7-14H,1-6H3. The molecule has 0 fully saturated rings. The Labute approximate surface area is 194 Å². The predicted molar refractivity (Wildman–Crippen MR) is 127 cm³/mol. The molecule has 3 aromatic carbocycles. The van der Waals surface area contributed by atoms with Gasteiger partial charge < -0.3 is 14.2 Å². The molecule has 0 unspecified atom stereocenters. The maximum atomic E-state index is 14.0. The van der Waals surface area contributed by atoms with Gasteiger partial charge in [0, 0.05) is 12.1 Å². The highest BCUT2D eigenvalue weighted by atomic mass is 32.2. The summed E-state index contributed by atoms with van der Waals surface area (Å²) in [7, 11) is 0.366. The number of nitriles is 1. The normalized spacial score (nSPS) is 10.9. The summed E-state index contributed by atoms with van der Waals surface area (Å²) in [5.74, 6) is 0.988. The van der Waals surface area contributed by atoms with Crippen LogP contribution in [0.3, 0.4) is 0 Å². The Morgan fingerprint density at radius 2 is 1.39 bits per heavy atom.